The first-order chi connectivity index (χ1) is 10.8. The highest BCUT2D eigenvalue weighted by molar-refractivity contribution is 7.13. The van der Waals surface area contributed by atoms with Gasteiger partial charge in [0.2, 0.25) is 0 Å². The third-order valence-corrected chi connectivity index (χ3v) is 4.49. The van der Waals surface area contributed by atoms with Crippen LogP contribution in [-0.4, -0.2) is 27.0 Å². The molecule has 2 unspecified atom stereocenters. The summed E-state index contributed by atoms with van der Waals surface area (Å²) < 4.78 is 5.48. The first-order valence-corrected chi connectivity index (χ1v) is 7.98. The number of hydrogen-bond acceptors (Lipinski definition) is 7. The minimum Gasteiger partial charge on any atom is -0.456 e. The standard InChI is InChI=1S/C15H14N4O2S/c16-7-10-3-1-2-4-13(10)21-15(20)12-9-22-14(19-12)11-8-17-5-6-18-11/h5-6,8-10,13H,1-4H2. The van der Waals surface area contributed by atoms with Gasteiger partial charge in [-0.05, 0) is 19.3 Å². The number of ether oxygens (including phenoxy) is 1. The normalized spacial score (nSPS) is 21.0. The summed E-state index contributed by atoms with van der Waals surface area (Å²) in [5, 5.41) is 11.4. The Balaban J connectivity index is 1.71. The molecule has 22 heavy (non-hydrogen) atoms. The van der Waals surface area contributed by atoms with Crippen LogP contribution in [0, 0.1) is 17.2 Å². The molecule has 2 aromatic rings. The van der Waals surface area contributed by atoms with Gasteiger partial charge in [-0.1, -0.05) is 6.42 Å². The molecule has 2 aromatic heterocycles. The van der Waals surface area contributed by atoms with E-state index in [1.54, 1.807) is 24.0 Å². The Morgan fingerprint density at radius 3 is 3.00 bits per heavy atom. The number of rotatable bonds is 3. The lowest BCUT2D eigenvalue weighted by atomic mass is 9.87. The van der Waals surface area contributed by atoms with E-state index in [0.29, 0.717) is 10.7 Å². The number of carbonyl (C=O) groups excluding carboxylic acids is 1. The Kier molecular flexibility index (Phi) is 4.39. The summed E-state index contributed by atoms with van der Waals surface area (Å²) in [4.78, 5) is 24.6. The van der Waals surface area contributed by atoms with Crippen molar-refractivity contribution in [3.63, 3.8) is 0 Å². The van der Waals surface area contributed by atoms with Gasteiger partial charge in [0.15, 0.2) is 5.69 Å². The number of nitrogens with zero attached hydrogens (tertiary/aromatic N) is 4. The molecule has 0 amide bonds. The lowest BCUT2D eigenvalue weighted by molar-refractivity contribution is 0.0102. The second-order valence-corrected chi connectivity index (χ2v) is 5.95. The van der Waals surface area contributed by atoms with E-state index in [2.05, 4.69) is 21.0 Å². The van der Waals surface area contributed by atoms with E-state index in [-0.39, 0.29) is 17.7 Å². The van der Waals surface area contributed by atoms with Gasteiger partial charge in [0, 0.05) is 17.8 Å². The van der Waals surface area contributed by atoms with Gasteiger partial charge in [0.1, 0.15) is 16.8 Å². The lowest BCUT2D eigenvalue weighted by Crippen LogP contribution is -2.29. The molecule has 0 bridgehead atoms. The number of aromatic nitrogens is 3. The molecule has 0 aliphatic heterocycles. The van der Waals surface area contributed by atoms with Crippen LogP contribution in [0.1, 0.15) is 36.2 Å². The zero-order valence-electron chi connectivity index (χ0n) is 11.8. The summed E-state index contributed by atoms with van der Waals surface area (Å²) in [7, 11) is 0. The van der Waals surface area contributed by atoms with Gasteiger partial charge in [-0.2, -0.15) is 5.26 Å². The Morgan fingerprint density at radius 2 is 2.23 bits per heavy atom. The molecule has 1 fully saturated rings. The van der Waals surface area contributed by atoms with Gasteiger partial charge in [0.25, 0.3) is 0 Å². The second kappa shape index (κ2) is 6.62. The van der Waals surface area contributed by atoms with Crippen molar-refractivity contribution in [3.8, 4) is 16.8 Å². The van der Waals surface area contributed by atoms with Crippen LogP contribution < -0.4 is 0 Å². The molecule has 0 aromatic carbocycles. The largest absolute Gasteiger partial charge is 0.456 e. The van der Waals surface area contributed by atoms with Crippen LogP contribution in [0.25, 0.3) is 10.7 Å². The molecule has 2 atom stereocenters. The molecular weight excluding hydrogens is 300 g/mol. The topological polar surface area (TPSA) is 88.8 Å². The number of esters is 1. The summed E-state index contributed by atoms with van der Waals surface area (Å²) in [6.07, 6.45) is 7.96. The van der Waals surface area contributed by atoms with Gasteiger partial charge in [0.05, 0.1) is 18.2 Å². The first kappa shape index (κ1) is 14.6. The van der Waals surface area contributed by atoms with E-state index in [0.717, 1.165) is 25.7 Å². The van der Waals surface area contributed by atoms with Gasteiger partial charge in [-0.3, -0.25) is 9.97 Å². The highest BCUT2D eigenvalue weighted by Gasteiger charge is 2.29. The van der Waals surface area contributed by atoms with E-state index in [1.807, 2.05) is 0 Å². The Morgan fingerprint density at radius 1 is 1.36 bits per heavy atom. The third-order valence-electron chi connectivity index (χ3n) is 3.62. The number of carbonyl (C=O) groups is 1. The van der Waals surface area contributed by atoms with Crippen molar-refractivity contribution >= 4 is 17.3 Å². The van der Waals surface area contributed by atoms with Crippen molar-refractivity contribution in [2.75, 3.05) is 0 Å². The van der Waals surface area contributed by atoms with Crippen LogP contribution in [-0.2, 0) is 4.74 Å². The van der Waals surface area contributed by atoms with Crippen molar-refractivity contribution in [2.24, 2.45) is 5.92 Å². The van der Waals surface area contributed by atoms with Crippen molar-refractivity contribution in [1.29, 1.82) is 5.26 Å². The maximum atomic E-state index is 12.2. The fourth-order valence-corrected chi connectivity index (χ4v) is 3.23. The second-order valence-electron chi connectivity index (χ2n) is 5.09. The van der Waals surface area contributed by atoms with Crippen molar-refractivity contribution in [1.82, 2.24) is 15.0 Å². The number of nitriles is 1. The monoisotopic (exact) mass is 314 g/mol. The van der Waals surface area contributed by atoms with Crippen LogP contribution in [0.5, 0.6) is 0 Å². The van der Waals surface area contributed by atoms with Crippen LogP contribution in [0.4, 0.5) is 0 Å². The molecule has 0 spiro atoms. The highest BCUT2D eigenvalue weighted by atomic mass is 32.1. The molecule has 6 nitrogen and oxygen atoms in total. The predicted molar refractivity (Wildman–Crippen MR) is 79.9 cm³/mol. The highest BCUT2D eigenvalue weighted by Crippen LogP contribution is 2.28. The van der Waals surface area contributed by atoms with Crippen LogP contribution in [0.15, 0.2) is 24.0 Å². The molecule has 1 aliphatic carbocycles. The van der Waals surface area contributed by atoms with Crippen LogP contribution in [0.3, 0.4) is 0 Å². The maximum Gasteiger partial charge on any atom is 0.358 e. The van der Waals surface area contributed by atoms with Crippen molar-refractivity contribution in [3.05, 3.63) is 29.7 Å². The lowest BCUT2D eigenvalue weighted by Gasteiger charge is -2.26. The zero-order chi connectivity index (χ0) is 15.4. The predicted octanol–water partition coefficient (Wildman–Crippen LogP) is 2.84. The molecule has 3 rings (SSSR count). The fraction of sp³-hybridized carbons (Fsp3) is 0.400. The fourth-order valence-electron chi connectivity index (χ4n) is 2.48. The van der Waals surface area contributed by atoms with E-state index in [9.17, 15) is 4.79 Å². The molecule has 0 N–H and O–H groups in total. The summed E-state index contributed by atoms with van der Waals surface area (Å²) in [5.41, 5.74) is 0.882. The average Bonchev–Trinajstić information content (AvgIpc) is 3.06. The Labute approximate surface area is 131 Å². The molecule has 0 radical (unpaired) electrons. The van der Waals surface area contributed by atoms with E-state index in [1.165, 1.54) is 11.3 Å². The molecule has 7 heteroatoms. The maximum absolute atomic E-state index is 12.2. The van der Waals surface area contributed by atoms with E-state index >= 15 is 0 Å². The molecular formula is C15H14N4O2S. The van der Waals surface area contributed by atoms with Gasteiger partial charge >= 0.3 is 5.97 Å². The van der Waals surface area contributed by atoms with Crippen molar-refractivity contribution in [2.45, 2.75) is 31.8 Å². The van der Waals surface area contributed by atoms with E-state index in [4.69, 9.17) is 10.00 Å². The average molecular weight is 314 g/mol. The summed E-state index contributed by atoms with van der Waals surface area (Å²) in [6.45, 7) is 0. The van der Waals surface area contributed by atoms with Crippen LogP contribution in [0.2, 0.25) is 0 Å². The summed E-state index contributed by atoms with van der Waals surface area (Å²) >= 11 is 1.32. The minimum absolute atomic E-state index is 0.212. The SMILES string of the molecule is N#CC1CCCCC1OC(=O)c1csc(-c2cnccn2)n1. The molecule has 1 saturated carbocycles. The molecule has 0 saturated heterocycles. The van der Waals surface area contributed by atoms with Gasteiger partial charge < -0.3 is 4.74 Å². The van der Waals surface area contributed by atoms with E-state index < -0.39 is 5.97 Å². The molecule has 1 aliphatic rings. The minimum atomic E-state index is -0.474. The quantitative estimate of drug-likeness (QED) is 0.809. The Hall–Kier alpha value is -2.33. The van der Waals surface area contributed by atoms with Gasteiger partial charge in [-0.25, -0.2) is 9.78 Å². The number of thiazole rings is 1. The number of hydrogen-bond donors (Lipinski definition) is 0. The molecule has 112 valence electrons. The van der Waals surface area contributed by atoms with Crippen LogP contribution >= 0.6 is 11.3 Å². The molecule has 2 heterocycles. The first-order valence-electron chi connectivity index (χ1n) is 7.10. The zero-order valence-corrected chi connectivity index (χ0v) is 12.6. The Bertz CT molecular complexity index is 695. The third kappa shape index (κ3) is 3.12. The van der Waals surface area contributed by atoms with Crippen molar-refractivity contribution < 1.29 is 9.53 Å². The van der Waals surface area contributed by atoms with Gasteiger partial charge in [-0.15, -0.1) is 11.3 Å². The smallest absolute Gasteiger partial charge is 0.358 e. The summed E-state index contributed by atoms with van der Waals surface area (Å²) in [5.74, 6) is -0.686. The summed E-state index contributed by atoms with van der Waals surface area (Å²) in [6, 6.07) is 2.23.